The topological polar surface area (TPSA) is 67.8 Å². The number of piperidine rings is 1. The Labute approximate surface area is 252 Å². The molecule has 0 N–H and O–H groups in total. The third kappa shape index (κ3) is 15.2. The lowest BCUT2D eigenvalue weighted by Gasteiger charge is -2.45. The maximum Gasteiger partial charge on any atom is 0.268 e. The Kier molecular flexibility index (Phi) is 19.3. The molecule has 0 spiro atoms. The molecule has 4 unspecified atom stereocenters. The summed E-state index contributed by atoms with van der Waals surface area (Å²) < 4.78 is 29.8. The number of nitrogens with zero attached hydrogens (tertiary/aromatic N) is 1. The second-order valence-electron chi connectivity index (χ2n) is 13.2. The van der Waals surface area contributed by atoms with E-state index >= 15 is 0 Å². The first-order valence-electron chi connectivity index (χ1n) is 16.8. The molecule has 0 aromatic carbocycles. The molecule has 2 aliphatic rings. The van der Waals surface area contributed by atoms with Crippen LogP contribution >= 0.6 is 19.6 Å². The van der Waals surface area contributed by atoms with Crippen molar-refractivity contribution in [1.29, 1.82) is 0 Å². The largest absolute Gasteiger partial charge is 0.756 e. The van der Waals surface area contributed by atoms with E-state index in [4.69, 9.17) is 13.8 Å². The summed E-state index contributed by atoms with van der Waals surface area (Å²) >= 11 is 1.89. The maximum atomic E-state index is 12.6. The molecule has 0 aliphatic carbocycles. The molecular weight excluding hydrogens is 541 g/mol. The average Bonchev–Trinajstić information content (AvgIpc) is 3.06. The molecule has 8 heteroatoms. The lowest BCUT2D eigenvalue weighted by Crippen LogP contribution is -2.56. The lowest BCUT2D eigenvalue weighted by molar-refractivity contribution is -0.931. The van der Waals surface area contributed by atoms with Gasteiger partial charge in [-0.1, -0.05) is 103 Å². The summed E-state index contributed by atoms with van der Waals surface area (Å²) in [6, 6.07) is 0.983. The highest BCUT2D eigenvalue weighted by Crippen LogP contribution is 2.47. The summed E-state index contributed by atoms with van der Waals surface area (Å²) in [7, 11) is 1.88. The number of phosphoric acid groups is 1. The molecule has 0 radical (unpaired) electrons. The predicted molar refractivity (Wildman–Crippen MR) is 169 cm³/mol. The number of quaternary nitrogens is 1. The molecule has 0 amide bonds. The van der Waals surface area contributed by atoms with Crippen molar-refractivity contribution in [2.45, 2.75) is 154 Å². The molecule has 6 nitrogen and oxygen atoms in total. The Balaban J connectivity index is 1.42. The number of thioether (sulfide) groups is 1. The Morgan fingerprint density at radius 3 is 1.75 bits per heavy atom. The lowest BCUT2D eigenvalue weighted by atomic mass is 9.98. The molecule has 0 aromatic rings. The van der Waals surface area contributed by atoms with Gasteiger partial charge in [-0.25, -0.2) is 0 Å². The molecule has 2 saturated heterocycles. The van der Waals surface area contributed by atoms with E-state index in [-0.39, 0.29) is 18.6 Å². The van der Waals surface area contributed by atoms with Crippen molar-refractivity contribution in [1.82, 2.24) is 0 Å². The van der Waals surface area contributed by atoms with Gasteiger partial charge in [0.05, 0.1) is 45.5 Å². The number of fused-ring (bicyclic) bond motifs is 2. The fraction of sp³-hybridized carbons (Fsp3) is 1.00. The minimum Gasteiger partial charge on any atom is -0.756 e. The van der Waals surface area contributed by atoms with Crippen molar-refractivity contribution in [2.75, 3.05) is 45.9 Å². The van der Waals surface area contributed by atoms with Crippen LogP contribution < -0.4 is 4.89 Å². The number of methoxy groups -OCH3 is 1. The van der Waals surface area contributed by atoms with Crippen LogP contribution in [-0.4, -0.2) is 68.6 Å². The SMILES string of the molecule is CCCCCCCCCCCCCCCCCCSCC(COC)COP(=O)([O-])OC1CC2CCC(C1)[N+]2(C)C. The highest BCUT2D eigenvalue weighted by atomic mass is 32.2. The molecule has 2 bridgehead atoms. The Hall–Kier alpha value is 0.380. The van der Waals surface area contributed by atoms with E-state index < -0.39 is 7.82 Å². The second kappa shape index (κ2) is 21.1. The third-order valence-electron chi connectivity index (χ3n) is 9.43. The van der Waals surface area contributed by atoms with Gasteiger partial charge in [0.25, 0.3) is 7.82 Å². The van der Waals surface area contributed by atoms with Gasteiger partial charge in [0, 0.05) is 44.5 Å². The summed E-state index contributed by atoms with van der Waals surface area (Å²) in [6.07, 6.45) is 25.9. The van der Waals surface area contributed by atoms with Crippen LogP contribution in [0.15, 0.2) is 0 Å². The highest BCUT2D eigenvalue weighted by molar-refractivity contribution is 7.99. The predicted octanol–water partition coefficient (Wildman–Crippen LogP) is 8.52. The fourth-order valence-corrected chi connectivity index (χ4v) is 8.80. The van der Waals surface area contributed by atoms with Gasteiger partial charge < -0.3 is 23.2 Å². The van der Waals surface area contributed by atoms with Crippen molar-refractivity contribution in [3.8, 4) is 0 Å². The second-order valence-corrected chi connectivity index (χ2v) is 15.7. The fourth-order valence-electron chi connectivity index (χ4n) is 6.71. The zero-order chi connectivity index (χ0) is 29.1. The Bertz CT molecular complexity index is 666. The number of hydrogen-bond acceptors (Lipinski definition) is 6. The molecule has 238 valence electrons. The molecule has 2 heterocycles. The smallest absolute Gasteiger partial charge is 0.268 e. The number of rotatable bonds is 26. The summed E-state index contributed by atoms with van der Waals surface area (Å²) in [5.41, 5.74) is 0. The van der Waals surface area contributed by atoms with Crippen molar-refractivity contribution in [3.63, 3.8) is 0 Å². The third-order valence-corrected chi connectivity index (χ3v) is 11.7. The van der Waals surface area contributed by atoms with E-state index in [0.717, 1.165) is 41.7 Å². The van der Waals surface area contributed by atoms with Gasteiger partial charge >= 0.3 is 0 Å². The van der Waals surface area contributed by atoms with Crippen molar-refractivity contribution < 1.29 is 27.7 Å². The summed E-state index contributed by atoms with van der Waals surface area (Å²) in [4.78, 5) is 12.6. The van der Waals surface area contributed by atoms with Crippen LogP contribution in [0, 0.1) is 5.92 Å². The molecule has 2 aliphatic heterocycles. The van der Waals surface area contributed by atoms with Gasteiger partial charge in [-0.3, -0.25) is 4.57 Å². The number of ether oxygens (including phenoxy) is 1. The standard InChI is InChI=1S/C32H64NO5PS/c1-5-6-7-8-9-10-11-12-13-14-15-16-17-18-19-20-23-40-28-29(26-36-4)27-37-39(34,35)38-32-24-30-21-22-31(25-32)33(30,2)3/h29-32H,5-28H2,1-4H3. The Morgan fingerprint density at radius 2 is 1.27 bits per heavy atom. The van der Waals surface area contributed by atoms with Crippen molar-refractivity contribution in [2.24, 2.45) is 5.92 Å². The van der Waals surface area contributed by atoms with Crippen LogP contribution in [0.5, 0.6) is 0 Å². The van der Waals surface area contributed by atoms with Gasteiger partial charge in [-0.15, -0.1) is 0 Å². The molecule has 0 saturated carbocycles. The van der Waals surface area contributed by atoms with Gasteiger partial charge in [-0.05, 0) is 12.2 Å². The maximum absolute atomic E-state index is 12.6. The first kappa shape index (κ1) is 36.6. The van der Waals surface area contributed by atoms with Crippen LogP contribution in [0.1, 0.15) is 135 Å². The van der Waals surface area contributed by atoms with Gasteiger partial charge in [-0.2, -0.15) is 11.8 Å². The van der Waals surface area contributed by atoms with E-state index in [1.165, 1.54) is 103 Å². The van der Waals surface area contributed by atoms with Crippen LogP contribution in [0.2, 0.25) is 0 Å². The normalized spacial score (nSPS) is 24.3. The summed E-state index contributed by atoms with van der Waals surface area (Å²) in [5, 5.41) is 0. The van der Waals surface area contributed by atoms with E-state index in [1.807, 2.05) is 11.8 Å². The van der Waals surface area contributed by atoms with Crippen LogP contribution in [0.3, 0.4) is 0 Å². The van der Waals surface area contributed by atoms with Crippen molar-refractivity contribution in [3.05, 3.63) is 0 Å². The number of phosphoric ester groups is 1. The molecular formula is C32H64NO5PS. The van der Waals surface area contributed by atoms with Gasteiger partial charge in [0.2, 0.25) is 0 Å². The zero-order valence-corrected chi connectivity index (χ0v) is 28.3. The number of hydrogen-bond donors (Lipinski definition) is 0. The first-order chi connectivity index (χ1) is 19.3. The first-order valence-corrected chi connectivity index (χ1v) is 19.4. The van der Waals surface area contributed by atoms with E-state index in [2.05, 4.69) is 21.0 Å². The molecule has 2 rings (SSSR count). The van der Waals surface area contributed by atoms with Crippen LogP contribution in [0.4, 0.5) is 0 Å². The van der Waals surface area contributed by atoms with Crippen LogP contribution in [-0.2, 0) is 18.3 Å². The number of unbranched alkanes of at least 4 members (excludes halogenated alkanes) is 15. The monoisotopic (exact) mass is 605 g/mol. The molecule has 40 heavy (non-hydrogen) atoms. The van der Waals surface area contributed by atoms with Crippen LogP contribution in [0.25, 0.3) is 0 Å². The molecule has 2 fully saturated rings. The van der Waals surface area contributed by atoms with E-state index in [1.54, 1.807) is 7.11 Å². The quantitative estimate of drug-likeness (QED) is 0.0559. The summed E-state index contributed by atoms with van der Waals surface area (Å²) in [6.45, 7) is 2.93. The zero-order valence-electron chi connectivity index (χ0n) is 26.6. The van der Waals surface area contributed by atoms with Gasteiger partial charge in [0.1, 0.15) is 0 Å². The van der Waals surface area contributed by atoms with E-state index in [9.17, 15) is 9.46 Å². The molecule has 4 atom stereocenters. The Morgan fingerprint density at radius 1 is 0.800 bits per heavy atom. The molecule has 0 aromatic heterocycles. The van der Waals surface area contributed by atoms with Gasteiger partial charge in [0.15, 0.2) is 0 Å². The minimum absolute atomic E-state index is 0.0556. The van der Waals surface area contributed by atoms with Crippen molar-refractivity contribution >= 4 is 19.6 Å². The van der Waals surface area contributed by atoms with E-state index in [0.29, 0.717) is 18.7 Å². The average molecular weight is 606 g/mol. The highest BCUT2D eigenvalue weighted by Gasteiger charge is 2.49. The minimum atomic E-state index is -4.31. The summed E-state index contributed by atoms with van der Waals surface area (Å²) in [5.74, 6) is 2.02.